The third-order valence-corrected chi connectivity index (χ3v) is 3.35. The molecule has 8 heteroatoms. The molecule has 0 atom stereocenters. The first-order valence-electron chi connectivity index (χ1n) is 6.62. The number of hydrogen-bond donors (Lipinski definition) is 3. The van der Waals surface area contributed by atoms with Crippen LogP contribution in [0.3, 0.4) is 0 Å². The SMILES string of the molecule is Cc1c(C(=O)NC(=N)N)cnn1-c1cccc2ncccc12.Cl. The van der Waals surface area contributed by atoms with Gasteiger partial charge in [-0.25, -0.2) is 4.68 Å². The van der Waals surface area contributed by atoms with Gasteiger partial charge in [-0.2, -0.15) is 5.10 Å². The number of nitrogens with zero attached hydrogens (tertiary/aromatic N) is 3. The van der Waals surface area contributed by atoms with Crippen LogP contribution in [0, 0.1) is 12.3 Å². The molecule has 1 aromatic carbocycles. The van der Waals surface area contributed by atoms with Crippen molar-refractivity contribution in [3.05, 3.63) is 54.0 Å². The van der Waals surface area contributed by atoms with Crippen LogP contribution in [0.1, 0.15) is 16.1 Å². The summed E-state index contributed by atoms with van der Waals surface area (Å²) in [7, 11) is 0. The van der Waals surface area contributed by atoms with Crippen LogP contribution in [0.15, 0.2) is 42.7 Å². The Hall–Kier alpha value is -2.93. The van der Waals surface area contributed by atoms with Crippen LogP contribution in [-0.4, -0.2) is 26.6 Å². The van der Waals surface area contributed by atoms with Crippen LogP contribution < -0.4 is 11.1 Å². The number of guanidine groups is 1. The van der Waals surface area contributed by atoms with Crippen molar-refractivity contribution in [1.29, 1.82) is 5.41 Å². The minimum Gasteiger partial charge on any atom is -0.370 e. The van der Waals surface area contributed by atoms with Crippen molar-refractivity contribution in [3.63, 3.8) is 0 Å². The number of carbonyl (C=O) groups excluding carboxylic acids is 1. The van der Waals surface area contributed by atoms with Gasteiger partial charge in [-0.15, -0.1) is 12.4 Å². The van der Waals surface area contributed by atoms with E-state index >= 15 is 0 Å². The van der Waals surface area contributed by atoms with Crippen molar-refractivity contribution in [3.8, 4) is 5.69 Å². The number of nitrogens with one attached hydrogen (secondary N) is 2. The van der Waals surface area contributed by atoms with Gasteiger partial charge in [-0.1, -0.05) is 6.07 Å². The number of rotatable bonds is 2. The summed E-state index contributed by atoms with van der Waals surface area (Å²) in [6.07, 6.45) is 3.19. The highest BCUT2D eigenvalue weighted by Gasteiger charge is 2.16. The van der Waals surface area contributed by atoms with E-state index < -0.39 is 11.9 Å². The van der Waals surface area contributed by atoms with Crippen LogP contribution >= 0.6 is 12.4 Å². The number of benzene rings is 1. The summed E-state index contributed by atoms with van der Waals surface area (Å²) >= 11 is 0. The quantitative estimate of drug-likeness (QED) is 0.491. The van der Waals surface area contributed by atoms with E-state index in [1.807, 2.05) is 30.3 Å². The first-order chi connectivity index (χ1) is 10.6. The maximum Gasteiger partial charge on any atom is 0.261 e. The molecule has 7 nitrogen and oxygen atoms in total. The average Bonchev–Trinajstić information content (AvgIpc) is 2.87. The third kappa shape index (κ3) is 3.00. The van der Waals surface area contributed by atoms with E-state index in [0.29, 0.717) is 11.3 Å². The minimum atomic E-state index is -0.449. The lowest BCUT2D eigenvalue weighted by Gasteiger charge is -2.08. The van der Waals surface area contributed by atoms with Gasteiger partial charge in [-0.3, -0.25) is 20.5 Å². The van der Waals surface area contributed by atoms with Crippen LogP contribution in [0.5, 0.6) is 0 Å². The van der Waals surface area contributed by atoms with Gasteiger partial charge in [-0.05, 0) is 31.2 Å². The molecule has 3 aromatic rings. The van der Waals surface area contributed by atoms with Crippen molar-refractivity contribution in [2.45, 2.75) is 6.92 Å². The molecule has 3 rings (SSSR count). The minimum absolute atomic E-state index is 0. The van der Waals surface area contributed by atoms with Crippen molar-refractivity contribution in [2.75, 3.05) is 0 Å². The average molecular weight is 331 g/mol. The standard InChI is InChI=1S/C15H14N6O.ClH/c1-9-11(14(22)20-15(16)17)8-19-21(9)13-6-2-5-12-10(13)4-3-7-18-12;/h2-8H,1H3,(H4,16,17,20,22);1H. The van der Waals surface area contributed by atoms with Crippen LogP contribution in [-0.2, 0) is 0 Å². The molecular formula is C15H15ClN6O. The number of pyridine rings is 1. The van der Waals surface area contributed by atoms with E-state index in [0.717, 1.165) is 16.6 Å². The van der Waals surface area contributed by atoms with E-state index in [9.17, 15) is 4.79 Å². The Morgan fingerprint density at radius 2 is 2.09 bits per heavy atom. The first-order valence-corrected chi connectivity index (χ1v) is 6.62. The van der Waals surface area contributed by atoms with Crippen LogP contribution in [0.2, 0.25) is 0 Å². The monoisotopic (exact) mass is 330 g/mol. The highest BCUT2D eigenvalue weighted by Crippen LogP contribution is 2.22. The van der Waals surface area contributed by atoms with Crippen molar-refractivity contribution in [1.82, 2.24) is 20.1 Å². The number of nitrogens with two attached hydrogens (primary N) is 1. The zero-order chi connectivity index (χ0) is 15.7. The fourth-order valence-corrected chi connectivity index (χ4v) is 2.34. The van der Waals surface area contributed by atoms with Crippen LogP contribution in [0.25, 0.3) is 16.6 Å². The molecule has 0 saturated heterocycles. The molecule has 0 bridgehead atoms. The van der Waals surface area contributed by atoms with Gasteiger partial charge in [0.25, 0.3) is 5.91 Å². The van der Waals surface area contributed by atoms with Crippen LogP contribution in [0.4, 0.5) is 0 Å². The van der Waals surface area contributed by atoms with Gasteiger partial charge < -0.3 is 5.73 Å². The molecule has 0 radical (unpaired) electrons. The van der Waals surface area contributed by atoms with Gasteiger partial charge in [0.15, 0.2) is 5.96 Å². The zero-order valence-electron chi connectivity index (χ0n) is 12.3. The fourth-order valence-electron chi connectivity index (χ4n) is 2.34. The van der Waals surface area contributed by atoms with Crippen molar-refractivity contribution >= 4 is 35.2 Å². The summed E-state index contributed by atoms with van der Waals surface area (Å²) in [6, 6.07) is 9.53. The predicted molar refractivity (Wildman–Crippen MR) is 90.2 cm³/mol. The number of carbonyl (C=O) groups is 1. The molecule has 0 aliphatic rings. The smallest absolute Gasteiger partial charge is 0.261 e. The predicted octanol–water partition coefficient (Wildman–Crippen LogP) is 1.77. The molecule has 1 amide bonds. The molecule has 0 spiro atoms. The number of hydrogen-bond acceptors (Lipinski definition) is 4. The van der Waals surface area contributed by atoms with Gasteiger partial charge in [0, 0.05) is 11.6 Å². The fraction of sp³-hybridized carbons (Fsp3) is 0.0667. The summed E-state index contributed by atoms with van der Waals surface area (Å²) in [5.74, 6) is -0.846. The Morgan fingerprint density at radius 1 is 1.30 bits per heavy atom. The van der Waals surface area contributed by atoms with Gasteiger partial charge in [0.05, 0.1) is 28.7 Å². The second-order valence-electron chi connectivity index (χ2n) is 4.77. The highest BCUT2D eigenvalue weighted by atomic mass is 35.5. The van der Waals surface area contributed by atoms with Gasteiger partial charge >= 0.3 is 0 Å². The summed E-state index contributed by atoms with van der Waals surface area (Å²) in [6.45, 7) is 1.79. The Kier molecular flexibility index (Phi) is 4.61. The maximum atomic E-state index is 12.0. The summed E-state index contributed by atoms with van der Waals surface area (Å²) < 4.78 is 1.68. The molecule has 118 valence electrons. The largest absolute Gasteiger partial charge is 0.370 e. The molecule has 23 heavy (non-hydrogen) atoms. The molecule has 0 unspecified atom stereocenters. The van der Waals surface area contributed by atoms with Gasteiger partial charge in [0.2, 0.25) is 0 Å². The lowest BCUT2D eigenvalue weighted by Crippen LogP contribution is -2.35. The Bertz CT molecular complexity index is 883. The zero-order valence-corrected chi connectivity index (χ0v) is 13.1. The number of amides is 1. The van der Waals surface area contributed by atoms with E-state index in [-0.39, 0.29) is 12.4 Å². The van der Waals surface area contributed by atoms with E-state index in [2.05, 4.69) is 15.4 Å². The Balaban J connectivity index is 0.00000192. The molecule has 0 aliphatic carbocycles. The second-order valence-corrected chi connectivity index (χ2v) is 4.77. The van der Waals surface area contributed by atoms with Crippen molar-refractivity contribution in [2.24, 2.45) is 5.73 Å². The summed E-state index contributed by atoms with van der Waals surface area (Å²) in [5.41, 5.74) is 7.91. The Morgan fingerprint density at radius 3 is 2.83 bits per heavy atom. The normalized spacial score (nSPS) is 10.1. The Labute approximate surface area is 138 Å². The molecule has 2 aromatic heterocycles. The summed E-state index contributed by atoms with van der Waals surface area (Å²) in [5, 5.41) is 14.6. The molecule has 0 saturated carbocycles. The lowest BCUT2D eigenvalue weighted by molar-refractivity contribution is 0.0976. The second kappa shape index (κ2) is 6.45. The molecular weight excluding hydrogens is 316 g/mol. The van der Waals surface area contributed by atoms with Gasteiger partial charge in [0.1, 0.15) is 0 Å². The summed E-state index contributed by atoms with van der Waals surface area (Å²) in [4.78, 5) is 16.3. The molecule has 4 N–H and O–H groups in total. The maximum absolute atomic E-state index is 12.0. The van der Waals surface area contributed by atoms with E-state index in [1.165, 1.54) is 6.20 Å². The number of halogens is 1. The highest BCUT2D eigenvalue weighted by molar-refractivity contribution is 6.05. The first kappa shape index (κ1) is 16.4. The van der Waals surface area contributed by atoms with E-state index in [1.54, 1.807) is 17.8 Å². The number of fused-ring (bicyclic) bond motifs is 1. The van der Waals surface area contributed by atoms with E-state index in [4.69, 9.17) is 11.1 Å². The van der Waals surface area contributed by atoms with Crippen molar-refractivity contribution < 1.29 is 4.79 Å². The lowest BCUT2D eigenvalue weighted by atomic mass is 10.1. The molecule has 0 fully saturated rings. The molecule has 0 aliphatic heterocycles. The topological polar surface area (TPSA) is 110 Å². The number of aromatic nitrogens is 3. The third-order valence-electron chi connectivity index (χ3n) is 3.35. The molecule has 2 heterocycles.